The Morgan fingerprint density at radius 2 is 1.91 bits per heavy atom. The maximum absolute atomic E-state index is 12.1. The van der Waals surface area contributed by atoms with Crippen LogP contribution in [-0.2, 0) is 4.79 Å². The van der Waals surface area contributed by atoms with Gasteiger partial charge in [-0.05, 0) is 25.0 Å². The molecule has 118 valence electrons. The highest BCUT2D eigenvalue weighted by atomic mass is 16.7. The molecule has 2 heterocycles. The molecule has 0 N–H and O–H groups in total. The van der Waals surface area contributed by atoms with Gasteiger partial charge in [-0.1, -0.05) is 0 Å². The number of amides is 1. The lowest BCUT2D eigenvalue weighted by Gasteiger charge is -2.14. The van der Waals surface area contributed by atoms with Gasteiger partial charge in [-0.15, -0.1) is 0 Å². The van der Waals surface area contributed by atoms with E-state index < -0.39 is 0 Å². The molecule has 22 heavy (non-hydrogen) atoms. The van der Waals surface area contributed by atoms with E-state index in [-0.39, 0.29) is 12.7 Å². The molecule has 6 heteroatoms. The van der Waals surface area contributed by atoms with Crippen LogP contribution in [0.2, 0.25) is 0 Å². The highest BCUT2D eigenvalue weighted by Crippen LogP contribution is 2.49. The second-order valence-corrected chi connectivity index (χ2v) is 5.13. The standard InChI is InChI=1S/C16H19NO5/c1-19-14-11(5-6-13(18)17-7-3-4-8-17)9-12-15(16(14)20-2)22-10-21-12/h5-6,9H,3-4,7-8,10H2,1-2H3/b6-5+. The number of fused-ring (bicyclic) bond motifs is 1. The average Bonchev–Trinajstić information content (AvgIpc) is 3.21. The SMILES string of the molecule is COc1c(/C=C/C(=O)N2CCCC2)cc2c(c1OC)OCO2. The van der Waals surface area contributed by atoms with Crippen LogP contribution >= 0.6 is 0 Å². The van der Waals surface area contributed by atoms with Crippen molar-refractivity contribution in [2.75, 3.05) is 34.1 Å². The smallest absolute Gasteiger partial charge is 0.246 e. The zero-order valence-electron chi connectivity index (χ0n) is 12.8. The largest absolute Gasteiger partial charge is 0.492 e. The van der Waals surface area contributed by atoms with Crippen LogP contribution in [0.25, 0.3) is 6.08 Å². The summed E-state index contributed by atoms with van der Waals surface area (Å²) in [6, 6.07) is 1.79. The van der Waals surface area contributed by atoms with Crippen LogP contribution in [0.1, 0.15) is 18.4 Å². The van der Waals surface area contributed by atoms with Crippen LogP contribution in [-0.4, -0.2) is 44.9 Å². The van der Waals surface area contributed by atoms with E-state index >= 15 is 0 Å². The molecule has 0 bridgehead atoms. The third-order valence-electron chi connectivity index (χ3n) is 3.83. The first-order valence-corrected chi connectivity index (χ1v) is 7.26. The summed E-state index contributed by atoms with van der Waals surface area (Å²) in [7, 11) is 3.10. The predicted octanol–water partition coefficient (Wildman–Crippen LogP) is 2.07. The molecule has 1 fully saturated rings. The minimum absolute atomic E-state index is 0.0104. The van der Waals surface area contributed by atoms with Gasteiger partial charge in [-0.2, -0.15) is 0 Å². The Morgan fingerprint density at radius 1 is 1.18 bits per heavy atom. The molecule has 0 radical (unpaired) electrons. The van der Waals surface area contributed by atoms with Gasteiger partial charge in [0.15, 0.2) is 11.5 Å². The quantitative estimate of drug-likeness (QED) is 0.797. The first-order valence-electron chi connectivity index (χ1n) is 7.26. The van der Waals surface area contributed by atoms with Gasteiger partial charge in [-0.3, -0.25) is 4.79 Å². The Labute approximate surface area is 129 Å². The number of ether oxygens (including phenoxy) is 4. The number of benzene rings is 1. The molecule has 1 aromatic carbocycles. The fourth-order valence-electron chi connectivity index (χ4n) is 2.74. The summed E-state index contributed by atoms with van der Waals surface area (Å²) in [5.74, 6) is 2.13. The van der Waals surface area contributed by atoms with Gasteiger partial charge in [0, 0.05) is 24.7 Å². The normalized spacial score (nSPS) is 16.4. The van der Waals surface area contributed by atoms with Crippen molar-refractivity contribution in [3.8, 4) is 23.0 Å². The maximum atomic E-state index is 12.1. The zero-order chi connectivity index (χ0) is 15.5. The number of hydrogen-bond acceptors (Lipinski definition) is 5. The first kappa shape index (κ1) is 14.6. The number of carbonyl (C=O) groups excluding carboxylic acids is 1. The number of methoxy groups -OCH3 is 2. The highest BCUT2D eigenvalue weighted by Gasteiger charge is 2.25. The van der Waals surface area contributed by atoms with Crippen molar-refractivity contribution in [1.82, 2.24) is 4.90 Å². The van der Waals surface area contributed by atoms with Crippen molar-refractivity contribution in [3.63, 3.8) is 0 Å². The number of hydrogen-bond donors (Lipinski definition) is 0. The summed E-state index contributed by atoms with van der Waals surface area (Å²) in [5.41, 5.74) is 0.719. The predicted molar refractivity (Wildman–Crippen MR) is 80.5 cm³/mol. The van der Waals surface area contributed by atoms with E-state index in [0.29, 0.717) is 23.0 Å². The van der Waals surface area contributed by atoms with E-state index in [1.807, 2.05) is 4.90 Å². The minimum Gasteiger partial charge on any atom is -0.492 e. The van der Waals surface area contributed by atoms with Gasteiger partial charge in [0.05, 0.1) is 14.2 Å². The average molecular weight is 305 g/mol. The maximum Gasteiger partial charge on any atom is 0.246 e. The van der Waals surface area contributed by atoms with Gasteiger partial charge in [0.1, 0.15) is 0 Å². The van der Waals surface area contributed by atoms with Gasteiger partial charge in [0.2, 0.25) is 24.2 Å². The fraction of sp³-hybridized carbons (Fsp3) is 0.438. The lowest BCUT2D eigenvalue weighted by Crippen LogP contribution is -2.25. The topological polar surface area (TPSA) is 57.2 Å². The summed E-state index contributed by atoms with van der Waals surface area (Å²) in [5, 5.41) is 0. The minimum atomic E-state index is 0.0104. The summed E-state index contributed by atoms with van der Waals surface area (Å²) >= 11 is 0. The Kier molecular flexibility index (Phi) is 4.09. The van der Waals surface area contributed by atoms with Crippen LogP contribution in [0.4, 0.5) is 0 Å². The molecular formula is C16H19NO5. The first-order chi connectivity index (χ1) is 10.7. The Hall–Kier alpha value is -2.37. The van der Waals surface area contributed by atoms with Crippen molar-refractivity contribution in [2.24, 2.45) is 0 Å². The van der Waals surface area contributed by atoms with E-state index in [1.54, 1.807) is 32.4 Å². The molecule has 6 nitrogen and oxygen atoms in total. The van der Waals surface area contributed by atoms with E-state index in [1.165, 1.54) is 0 Å². The molecule has 0 unspecified atom stereocenters. The molecule has 1 saturated heterocycles. The second kappa shape index (κ2) is 6.17. The van der Waals surface area contributed by atoms with Crippen LogP contribution in [0.3, 0.4) is 0 Å². The third-order valence-corrected chi connectivity index (χ3v) is 3.83. The van der Waals surface area contributed by atoms with Crippen molar-refractivity contribution in [2.45, 2.75) is 12.8 Å². The van der Waals surface area contributed by atoms with Gasteiger partial charge < -0.3 is 23.8 Å². The monoisotopic (exact) mass is 305 g/mol. The van der Waals surface area contributed by atoms with E-state index in [9.17, 15) is 4.79 Å². The van der Waals surface area contributed by atoms with Gasteiger partial charge in [0.25, 0.3) is 0 Å². The summed E-state index contributed by atoms with van der Waals surface area (Å²) in [6.07, 6.45) is 5.43. The van der Waals surface area contributed by atoms with E-state index in [0.717, 1.165) is 31.5 Å². The molecule has 3 rings (SSSR count). The molecule has 0 saturated carbocycles. The van der Waals surface area contributed by atoms with Crippen molar-refractivity contribution >= 4 is 12.0 Å². The Morgan fingerprint density at radius 3 is 2.59 bits per heavy atom. The van der Waals surface area contributed by atoms with Crippen LogP contribution in [0.5, 0.6) is 23.0 Å². The Balaban J connectivity index is 1.91. The highest BCUT2D eigenvalue weighted by molar-refractivity contribution is 5.92. The van der Waals surface area contributed by atoms with Crippen molar-refractivity contribution < 1.29 is 23.7 Å². The zero-order valence-corrected chi connectivity index (χ0v) is 12.8. The second-order valence-electron chi connectivity index (χ2n) is 5.13. The molecule has 2 aliphatic rings. The van der Waals surface area contributed by atoms with Crippen molar-refractivity contribution in [3.05, 3.63) is 17.7 Å². The molecule has 1 amide bonds. The molecule has 1 aromatic rings. The van der Waals surface area contributed by atoms with E-state index in [4.69, 9.17) is 18.9 Å². The van der Waals surface area contributed by atoms with Crippen LogP contribution in [0.15, 0.2) is 12.1 Å². The van der Waals surface area contributed by atoms with Crippen molar-refractivity contribution in [1.29, 1.82) is 0 Å². The number of likely N-dealkylation sites (tertiary alicyclic amines) is 1. The lowest BCUT2D eigenvalue weighted by molar-refractivity contribution is -0.124. The van der Waals surface area contributed by atoms with E-state index in [2.05, 4.69) is 0 Å². The number of carbonyl (C=O) groups is 1. The van der Waals surface area contributed by atoms with Crippen LogP contribution < -0.4 is 18.9 Å². The third kappa shape index (κ3) is 2.56. The van der Waals surface area contributed by atoms with Crippen LogP contribution in [0, 0.1) is 0 Å². The molecule has 0 aromatic heterocycles. The molecule has 0 aliphatic carbocycles. The summed E-state index contributed by atoms with van der Waals surface area (Å²) < 4.78 is 21.6. The molecule has 0 atom stereocenters. The fourth-order valence-corrected chi connectivity index (χ4v) is 2.74. The molecule has 0 spiro atoms. The Bertz CT molecular complexity index is 605. The van der Waals surface area contributed by atoms with Gasteiger partial charge in [-0.25, -0.2) is 0 Å². The van der Waals surface area contributed by atoms with Gasteiger partial charge >= 0.3 is 0 Å². The summed E-state index contributed by atoms with van der Waals surface area (Å²) in [6.45, 7) is 1.80. The molecular weight excluding hydrogens is 286 g/mol. The molecule has 2 aliphatic heterocycles. The number of rotatable bonds is 4. The number of nitrogens with zero attached hydrogens (tertiary/aromatic N) is 1. The summed E-state index contributed by atoms with van der Waals surface area (Å²) in [4.78, 5) is 14.0. The lowest BCUT2D eigenvalue weighted by atomic mass is 10.1.